The quantitative estimate of drug-likeness (QED) is 0.906. The summed E-state index contributed by atoms with van der Waals surface area (Å²) >= 11 is 0. The second-order valence-corrected chi connectivity index (χ2v) is 7.34. The van der Waals surface area contributed by atoms with Gasteiger partial charge in [-0.2, -0.15) is 0 Å². The van der Waals surface area contributed by atoms with Crippen LogP contribution in [0.15, 0.2) is 31.1 Å². The first kappa shape index (κ1) is 17.5. The van der Waals surface area contributed by atoms with Crippen molar-refractivity contribution < 1.29 is 4.79 Å². The third-order valence-corrected chi connectivity index (χ3v) is 4.87. The molecule has 1 saturated heterocycles. The molecule has 3 rings (SSSR count). The van der Waals surface area contributed by atoms with Crippen molar-refractivity contribution in [1.82, 2.24) is 29.3 Å². The number of hydrogen-bond donors (Lipinski definition) is 1. The summed E-state index contributed by atoms with van der Waals surface area (Å²) in [5.41, 5.74) is 0. The summed E-state index contributed by atoms with van der Waals surface area (Å²) in [6.45, 7) is 9.46. The normalized spacial score (nSPS) is 20.9. The molecule has 2 aromatic rings. The fourth-order valence-corrected chi connectivity index (χ4v) is 3.42. The highest BCUT2D eigenvalue weighted by Gasteiger charge is 2.29. The number of piperidine rings is 1. The highest BCUT2D eigenvalue weighted by Crippen LogP contribution is 2.27. The van der Waals surface area contributed by atoms with Gasteiger partial charge in [0, 0.05) is 44.4 Å². The molecule has 0 bridgehead atoms. The first-order chi connectivity index (χ1) is 12.0. The number of amides is 2. The molecule has 136 valence electrons. The molecule has 1 fully saturated rings. The van der Waals surface area contributed by atoms with E-state index in [1.807, 2.05) is 23.6 Å². The standard InChI is InChI=1S/C18H28N6O/c1-14(2)11-22-9-6-20-17(22)10-21-18(25)23-7-4-15(3)16(12-23)24-8-5-19-13-24/h5-6,8-9,13-16H,4,7,10-12H2,1-3H3,(H,21,25)/t15-,16+/m0/s1. The molecule has 0 unspecified atom stereocenters. The molecule has 7 nitrogen and oxygen atoms in total. The van der Waals surface area contributed by atoms with Gasteiger partial charge in [-0.1, -0.05) is 20.8 Å². The van der Waals surface area contributed by atoms with Gasteiger partial charge >= 0.3 is 6.03 Å². The maximum absolute atomic E-state index is 12.6. The number of nitrogens with one attached hydrogen (secondary N) is 1. The Kier molecular flexibility index (Phi) is 5.40. The van der Waals surface area contributed by atoms with E-state index >= 15 is 0 Å². The Balaban J connectivity index is 1.57. The van der Waals surface area contributed by atoms with Crippen molar-refractivity contribution in [2.24, 2.45) is 11.8 Å². The Morgan fingerprint density at radius 1 is 1.36 bits per heavy atom. The fraction of sp³-hybridized carbons (Fsp3) is 0.611. The van der Waals surface area contributed by atoms with Gasteiger partial charge in [0.05, 0.1) is 18.9 Å². The Bertz CT molecular complexity index is 678. The van der Waals surface area contributed by atoms with E-state index < -0.39 is 0 Å². The lowest BCUT2D eigenvalue weighted by Gasteiger charge is -2.37. The van der Waals surface area contributed by atoms with E-state index in [2.05, 4.69) is 45.2 Å². The Morgan fingerprint density at radius 2 is 2.20 bits per heavy atom. The fourth-order valence-electron chi connectivity index (χ4n) is 3.42. The van der Waals surface area contributed by atoms with Crippen molar-refractivity contribution in [2.45, 2.75) is 46.3 Å². The van der Waals surface area contributed by atoms with Gasteiger partial charge in [0.2, 0.25) is 0 Å². The number of carbonyl (C=O) groups is 1. The van der Waals surface area contributed by atoms with Crippen molar-refractivity contribution in [3.63, 3.8) is 0 Å². The molecule has 0 saturated carbocycles. The first-order valence-electron chi connectivity index (χ1n) is 9.04. The Hall–Kier alpha value is -2.31. The zero-order chi connectivity index (χ0) is 17.8. The molecular formula is C18H28N6O. The van der Waals surface area contributed by atoms with Gasteiger partial charge in [-0.3, -0.25) is 0 Å². The summed E-state index contributed by atoms with van der Waals surface area (Å²) in [5.74, 6) is 1.98. The van der Waals surface area contributed by atoms with Gasteiger partial charge in [-0.05, 0) is 18.3 Å². The minimum absolute atomic E-state index is 0.0175. The second-order valence-electron chi connectivity index (χ2n) is 7.34. The third kappa shape index (κ3) is 4.21. The zero-order valence-electron chi connectivity index (χ0n) is 15.3. The van der Waals surface area contributed by atoms with Crippen LogP contribution in [0.2, 0.25) is 0 Å². The predicted molar refractivity (Wildman–Crippen MR) is 95.9 cm³/mol. The summed E-state index contributed by atoms with van der Waals surface area (Å²) in [6.07, 6.45) is 10.4. The predicted octanol–water partition coefficient (Wildman–Crippen LogP) is 2.53. The molecule has 1 aliphatic heterocycles. The highest BCUT2D eigenvalue weighted by atomic mass is 16.2. The lowest BCUT2D eigenvalue weighted by molar-refractivity contribution is 0.139. The summed E-state index contributed by atoms with van der Waals surface area (Å²) in [5, 5.41) is 3.03. The number of hydrogen-bond acceptors (Lipinski definition) is 3. The van der Waals surface area contributed by atoms with Crippen LogP contribution in [0.5, 0.6) is 0 Å². The van der Waals surface area contributed by atoms with E-state index in [9.17, 15) is 4.79 Å². The summed E-state index contributed by atoms with van der Waals surface area (Å²) in [7, 11) is 0. The smallest absolute Gasteiger partial charge is 0.317 e. The average molecular weight is 344 g/mol. The molecule has 2 atom stereocenters. The van der Waals surface area contributed by atoms with Crippen LogP contribution in [0.1, 0.15) is 39.1 Å². The zero-order valence-corrected chi connectivity index (χ0v) is 15.3. The van der Waals surface area contributed by atoms with Crippen molar-refractivity contribution in [2.75, 3.05) is 13.1 Å². The number of aromatic nitrogens is 4. The average Bonchev–Trinajstić information content (AvgIpc) is 3.24. The molecule has 7 heteroatoms. The molecule has 3 heterocycles. The molecule has 0 aliphatic carbocycles. The molecule has 2 aromatic heterocycles. The van der Waals surface area contributed by atoms with E-state index in [1.165, 1.54) is 0 Å². The molecule has 25 heavy (non-hydrogen) atoms. The van der Waals surface area contributed by atoms with Gasteiger partial charge in [-0.25, -0.2) is 14.8 Å². The van der Waals surface area contributed by atoms with Crippen LogP contribution >= 0.6 is 0 Å². The van der Waals surface area contributed by atoms with Gasteiger partial charge < -0.3 is 19.4 Å². The van der Waals surface area contributed by atoms with Crippen LogP contribution in [-0.2, 0) is 13.1 Å². The van der Waals surface area contributed by atoms with Crippen LogP contribution in [0.25, 0.3) is 0 Å². The summed E-state index contributed by atoms with van der Waals surface area (Å²) in [6, 6.07) is 0.265. The highest BCUT2D eigenvalue weighted by molar-refractivity contribution is 5.74. The monoisotopic (exact) mass is 344 g/mol. The first-order valence-corrected chi connectivity index (χ1v) is 9.04. The third-order valence-electron chi connectivity index (χ3n) is 4.87. The number of nitrogens with zero attached hydrogens (tertiary/aromatic N) is 5. The number of imidazole rings is 2. The molecule has 1 aliphatic rings. The molecule has 1 N–H and O–H groups in total. The van der Waals surface area contributed by atoms with Crippen molar-refractivity contribution in [3.05, 3.63) is 36.9 Å². The molecule has 0 aromatic carbocycles. The summed E-state index contributed by atoms with van der Waals surface area (Å²) < 4.78 is 4.22. The van der Waals surface area contributed by atoms with E-state index in [4.69, 9.17) is 0 Å². The van der Waals surface area contributed by atoms with Crippen LogP contribution in [-0.4, -0.2) is 43.1 Å². The van der Waals surface area contributed by atoms with Gasteiger partial charge in [0.1, 0.15) is 5.82 Å². The number of rotatable bonds is 5. The molecular weight excluding hydrogens is 316 g/mol. The Morgan fingerprint density at radius 3 is 2.92 bits per heavy atom. The maximum atomic E-state index is 12.6. The lowest BCUT2D eigenvalue weighted by Crippen LogP contribution is -2.48. The van der Waals surface area contributed by atoms with Gasteiger partial charge in [0.25, 0.3) is 0 Å². The van der Waals surface area contributed by atoms with E-state index in [-0.39, 0.29) is 12.1 Å². The minimum atomic E-state index is -0.0175. The van der Waals surface area contributed by atoms with E-state index in [0.717, 1.165) is 25.3 Å². The lowest BCUT2D eigenvalue weighted by atomic mass is 9.93. The molecule has 0 radical (unpaired) electrons. The van der Waals surface area contributed by atoms with Crippen LogP contribution in [0, 0.1) is 11.8 Å². The van der Waals surface area contributed by atoms with Gasteiger partial charge in [0.15, 0.2) is 0 Å². The van der Waals surface area contributed by atoms with Crippen molar-refractivity contribution in [3.8, 4) is 0 Å². The number of likely N-dealkylation sites (tertiary alicyclic amines) is 1. The largest absolute Gasteiger partial charge is 0.333 e. The minimum Gasteiger partial charge on any atom is -0.333 e. The van der Waals surface area contributed by atoms with E-state index in [0.29, 0.717) is 24.9 Å². The maximum Gasteiger partial charge on any atom is 0.317 e. The molecule has 2 amide bonds. The van der Waals surface area contributed by atoms with Gasteiger partial charge in [-0.15, -0.1) is 0 Å². The molecule has 0 spiro atoms. The van der Waals surface area contributed by atoms with Crippen LogP contribution in [0.4, 0.5) is 4.79 Å². The van der Waals surface area contributed by atoms with Crippen molar-refractivity contribution in [1.29, 1.82) is 0 Å². The number of urea groups is 1. The van der Waals surface area contributed by atoms with Crippen molar-refractivity contribution >= 4 is 6.03 Å². The van der Waals surface area contributed by atoms with E-state index in [1.54, 1.807) is 12.4 Å². The van der Waals surface area contributed by atoms with Crippen LogP contribution < -0.4 is 5.32 Å². The second kappa shape index (κ2) is 7.72. The Labute approximate surface area is 149 Å². The topological polar surface area (TPSA) is 68.0 Å². The SMILES string of the molecule is CC(C)Cn1ccnc1CNC(=O)N1CC[C@H](C)[C@H](n2ccnc2)C1. The number of carbonyl (C=O) groups excluding carboxylic acids is 1. The summed E-state index contributed by atoms with van der Waals surface area (Å²) in [4.78, 5) is 23.0. The van der Waals surface area contributed by atoms with Crippen LogP contribution in [0.3, 0.4) is 0 Å².